The number of aliphatic carboxylic acids is 1. The molecule has 5 nitrogen and oxygen atoms in total. The summed E-state index contributed by atoms with van der Waals surface area (Å²) in [5.74, 6) is -0.785. The molecule has 0 aromatic rings. The highest BCUT2D eigenvalue weighted by Gasteiger charge is 2.19. The molecule has 0 aliphatic heterocycles. The molecule has 17 heavy (non-hydrogen) atoms. The van der Waals surface area contributed by atoms with Gasteiger partial charge in [0.25, 0.3) is 0 Å². The third kappa shape index (κ3) is 6.02. The highest BCUT2D eigenvalue weighted by atomic mass is 32.2. The van der Waals surface area contributed by atoms with Gasteiger partial charge in [-0.15, -0.1) is 0 Å². The molecule has 0 unspecified atom stereocenters. The summed E-state index contributed by atoms with van der Waals surface area (Å²) in [6, 6.07) is 0. The fourth-order valence-electron chi connectivity index (χ4n) is 2.25. The van der Waals surface area contributed by atoms with Crippen LogP contribution >= 0.6 is 0 Å². The lowest BCUT2D eigenvalue weighted by molar-refractivity contribution is -0.134. The molecule has 0 amide bonds. The second kappa shape index (κ2) is 6.35. The minimum atomic E-state index is -3.64. The van der Waals surface area contributed by atoms with Crippen LogP contribution in [0, 0.1) is 11.8 Å². The molecule has 0 bridgehead atoms. The van der Waals surface area contributed by atoms with Crippen LogP contribution in [0.25, 0.3) is 0 Å². The number of carboxylic acids is 1. The molecule has 0 atom stereocenters. The molecule has 0 aromatic carbocycles. The summed E-state index contributed by atoms with van der Waals surface area (Å²) in [5, 5.41) is 8.41. The second-order valence-corrected chi connectivity index (χ2v) is 6.77. The molecule has 1 fully saturated rings. The van der Waals surface area contributed by atoms with Crippen LogP contribution in [0.5, 0.6) is 0 Å². The topological polar surface area (TPSA) is 83.5 Å². The van der Waals surface area contributed by atoms with E-state index in [1.54, 1.807) is 0 Å². The maximum absolute atomic E-state index is 11.2. The second-order valence-electron chi connectivity index (χ2n) is 4.96. The molecule has 0 aromatic heterocycles. The third-order valence-electron chi connectivity index (χ3n) is 3.32. The summed E-state index contributed by atoms with van der Waals surface area (Å²) in [6.45, 7) is 2.60. The summed E-state index contributed by atoms with van der Waals surface area (Å²) in [4.78, 5) is 10.3. The molecule has 0 heterocycles. The van der Waals surface area contributed by atoms with Crippen molar-refractivity contribution in [2.24, 2.45) is 11.8 Å². The lowest BCUT2D eigenvalue weighted by Crippen LogP contribution is -2.31. The van der Waals surface area contributed by atoms with E-state index in [1.807, 2.05) is 0 Å². The lowest BCUT2D eigenvalue weighted by atomic mass is 9.81. The van der Waals surface area contributed by atoms with Gasteiger partial charge in [-0.2, -0.15) is 0 Å². The standard InChI is InChI=1S/C11H21NO4S/c1-9-2-4-10(5-3-9)6-7-12-17(15,16)8-11(13)14/h9-10,12H,2-8H2,1H3,(H,13,14). The maximum atomic E-state index is 11.2. The van der Waals surface area contributed by atoms with Gasteiger partial charge in [-0.25, -0.2) is 13.1 Å². The fraction of sp³-hybridized carbons (Fsp3) is 0.909. The Balaban J connectivity index is 2.21. The molecule has 1 saturated carbocycles. The summed E-state index contributed by atoms with van der Waals surface area (Å²) in [5.41, 5.74) is 0. The van der Waals surface area contributed by atoms with E-state index in [1.165, 1.54) is 12.8 Å². The van der Waals surface area contributed by atoms with Gasteiger partial charge in [0, 0.05) is 6.54 Å². The number of carbonyl (C=O) groups is 1. The number of rotatable bonds is 6. The first-order valence-corrected chi connectivity index (χ1v) is 7.73. The average Bonchev–Trinajstić information content (AvgIpc) is 2.18. The summed E-state index contributed by atoms with van der Waals surface area (Å²) in [6.07, 6.45) is 5.55. The van der Waals surface area contributed by atoms with Crippen molar-refractivity contribution in [2.45, 2.75) is 39.0 Å². The van der Waals surface area contributed by atoms with E-state index >= 15 is 0 Å². The highest BCUT2D eigenvalue weighted by Crippen LogP contribution is 2.29. The third-order valence-corrected chi connectivity index (χ3v) is 4.59. The molecule has 1 aliphatic carbocycles. The zero-order valence-electron chi connectivity index (χ0n) is 10.2. The van der Waals surface area contributed by atoms with Gasteiger partial charge in [-0.1, -0.05) is 32.6 Å². The predicted molar refractivity (Wildman–Crippen MR) is 65.2 cm³/mol. The molecule has 0 spiro atoms. The van der Waals surface area contributed by atoms with Crippen LogP contribution in [0.15, 0.2) is 0 Å². The monoisotopic (exact) mass is 263 g/mol. The minimum absolute atomic E-state index is 0.356. The quantitative estimate of drug-likeness (QED) is 0.754. The predicted octanol–water partition coefficient (Wildman–Crippen LogP) is 1.21. The first-order chi connectivity index (χ1) is 7.89. The summed E-state index contributed by atoms with van der Waals surface area (Å²) < 4.78 is 24.8. The number of hydrogen-bond donors (Lipinski definition) is 2. The fourth-order valence-corrected chi connectivity index (χ4v) is 3.11. The van der Waals surface area contributed by atoms with Gasteiger partial charge in [-0.3, -0.25) is 4.79 Å². The van der Waals surface area contributed by atoms with Gasteiger partial charge in [0.2, 0.25) is 10.0 Å². The molecular weight excluding hydrogens is 242 g/mol. The Morgan fingerprint density at radius 3 is 2.41 bits per heavy atom. The van der Waals surface area contributed by atoms with Crippen molar-refractivity contribution in [1.82, 2.24) is 4.72 Å². The van der Waals surface area contributed by atoms with Crippen LogP contribution in [-0.4, -0.2) is 31.8 Å². The van der Waals surface area contributed by atoms with Crippen molar-refractivity contribution < 1.29 is 18.3 Å². The van der Waals surface area contributed by atoms with Crippen LogP contribution in [0.3, 0.4) is 0 Å². The number of sulfonamides is 1. The normalized spacial score (nSPS) is 25.7. The van der Waals surface area contributed by atoms with Crippen molar-refractivity contribution in [1.29, 1.82) is 0 Å². The van der Waals surface area contributed by atoms with E-state index < -0.39 is 21.7 Å². The summed E-state index contributed by atoms with van der Waals surface area (Å²) in [7, 11) is -3.64. The first-order valence-electron chi connectivity index (χ1n) is 6.08. The molecule has 0 saturated heterocycles. The van der Waals surface area contributed by atoms with E-state index in [-0.39, 0.29) is 0 Å². The minimum Gasteiger partial charge on any atom is -0.480 e. The van der Waals surface area contributed by atoms with Crippen molar-refractivity contribution >= 4 is 16.0 Å². The molecule has 6 heteroatoms. The highest BCUT2D eigenvalue weighted by molar-refractivity contribution is 7.90. The van der Waals surface area contributed by atoms with Crippen molar-refractivity contribution in [2.75, 3.05) is 12.3 Å². The van der Waals surface area contributed by atoms with E-state index in [0.29, 0.717) is 12.5 Å². The maximum Gasteiger partial charge on any atom is 0.320 e. The van der Waals surface area contributed by atoms with E-state index in [0.717, 1.165) is 25.2 Å². The SMILES string of the molecule is CC1CCC(CCNS(=O)(=O)CC(=O)O)CC1. The van der Waals surface area contributed by atoms with Gasteiger partial charge >= 0.3 is 5.97 Å². The Labute approximate surface area is 103 Å². The van der Waals surface area contributed by atoms with Crippen LogP contribution in [0.2, 0.25) is 0 Å². The molecule has 2 N–H and O–H groups in total. The Morgan fingerprint density at radius 2 is 1.88 bits per heavy atom. The number of carboxylic acid groups (broad SMARTS) is 1. The van der Waals surface area contributed by atoms with Crippen LogP contribution in [-0.2, 0) is 14.8 Å². The van der Waals surface area contributed by atoms with Crippen LogP contribution in [0.1, 0.15) is 39.0 Å². The molecule has 1 rings (SSSR count). The van der Waals surface area contributed by atoms with Crippen LogP contribution < -0.4 is 4.72 Å². The number of hydrogen-bond acceptors (Lipinski definition) is 3. The van der Waals surface area contributed by atoms with Crippen molar-refractivity contribution in [3.63, 3.8) is 0 Å². The zero-order chi connectivity index (χ0) is 12.9. The van der Waals surface area contributed by atoms with Gasteiger partial charge in [0.05, 0.1) is 0 Å². The van der Waals surface area contributed by atoms with Gasteiger partial charge in [0.15, 0.2) is 5.75 Å². The van der Waals surface area contributed by atoms with Gasteiger partial charge < -0.3 is 5.11 Å². The smallest absolute Gasteiger partial charge is 0.320 e. The molecule has 1 aliphatic rings. The van der Waals surface area contributed by atoms with Crippen molar-refractivity contribution in [3.05, 3.63) is 0 Å². The van der Waals surface area contributed by atoms with E-state index in [2.05, 4.69) is 11.6 Å². The van der Waals surface area contributed by atoms with Crippen LogP contribution in [0.4, 0.5) is 0 Å². The number of nitrogens with one attached hydrogen (secondary N) is 1. The Hall–Kier alpha value is -0.620. The Kier molecular flexibility index (Phi) is 5.39. The zero-order valence-corrected chi connectivity index (χ0v) is 11.0. The van der Waals surface area contributed by atoms with Crippen molar-refractivity contribution in [3.8, 4) is 0 Å². The molecule has 0 radical (unpaired) electrons. The molecule has 100 valence electrons. The largest absolute Gasteiger partial charge is 0.480 e. The first kappa shape index (κ1) is 14.4. The Bertz CT molecular complexity index is 344. The van der Waals surface area contributed by atoms with Gasteiger partial charge in [0.1, 0.15) is 0 Å². The molecular formula is C11H21NO4S. The Morgan fingerprint density at radius 1 is 1.29 bits per heavy atom. The van der Waals surface area contributed by atoms with E-state index in [9.17, 15) is 13.2 Å². The average molecular weight is 263 g/mol. The van der Waals surface area contributed by atoms with E-state index in [4.69, 9.17) is 5.11 Å². The summed E-state index contributed by atoms with van der Waals surface area (Å²) >= 11 is 0. The van der Waals surface area contributed by atoms with Gasteiger partial charge in [-0.05, 0) is 18.3 Å². The lowest BCUT2D eigenvalue weighted by Gasteiger charge is -2.25.